The molecule has 0 bridgehead atoms. The summed E-state index contributed by atoms with van der Waals surface area (Å²) in [7, 11) is 0. The molecule has 0 aliphatic carbocycles. The van der Waals surface area contributed by atoms with E-state index in [1.54, 1.807) is 6.20 Å². The van der Waals surface area contributed by atoms with Crippen molar-refractivity contribution in [1.29, 1.82) is 0 Å². The molecule has 5 heteroatoms. The Hall–Kier alpha value is -2.69. The van der Waals surface area contributed by atoms with Crippen LogP contribution in [0.2, 0.25) is 0 Å². The van der Waals surface area contributed by atoms with Crippen LogP contribution in [0.25, 0.3) is 16.9 Å². The van der Waals surface area contributed by atoms with E-state index >= 15 is 0 Å². The first-order chi connectivity index (χ1) is 9.16. The molecule has 0 unspecified atom stereocenters. The average Bonchev–Trinajstić information content (AvgIpc) is 2.80. The molecule has 19 heavy (non-hydrogen) atoms. The van der Waals surface area contributed by atoms with Crippen molar-refractivity contribution in [2.24, 2.45) is 0 Å². The third-order valence-corrected chi connectivity index (χ3v) is 2.94. The summed E-state index contributed by atoms with van der Waals surface area (Å²) in [6, 6.07) is 11.0. The summed E-state index contributed by atoms with van der Waals surface area (Å²) in [6.07, 6.45) is 1.61. The van der Waals surface area contributed by atoms with Crippen LogP contribution >= 0.6 is 0 Å². The van der Waals surface area contributed by atoms with Crippen LogP contribution in [0.1, 0.15) is 16.1 Å². The number of hydrogen-bond acceptors (Lipinski definition) is 3. The van der Waals surface area contributed by atoms with Gasteiger partial charge in [-0.25, -0.2) is 14.3 Å². The molecular formula is C14H11N3O2. The van der Waals surface area contributed by atoms with E-state index in [0.29, 0.717) is 11.3 Å². The number of aromatic nitrogens is 3. The van der Waals surface area contributed by atoms with Gasteiger partial charge < -0.3 is 5.11 Å². The highest BCUT2D eigenvalue weighted by Gasteiger charge is 2.15. The summed E-state index contributed by atoms with van der Waals surface area (Å²) < 4.78 is 1.35. The minimum Gasteiger partial charge on any atom is -0.477 e. The van der Waals surface area contributed by atoms with Crippen molar-refractivity contribution >= 4 is 11.6 Å². The van der Waals surface area contributed by atoms with Gasteiger partial charge in [0.2, 0.25) is 0 Å². The topological polar surface area (TPSA) is 67.5 Å². The maximum absolute atomic E-state index is 11.3. The quantitative estimate of drug-likeness (QED) is 0.761. The van der Waals surface area contributed by atoms with Crippen LogP contribution in [0.15, 0.2) is 42.6 Å². The molecule has 1 N–H and O–H groups in total. The first-order valence-corrected chi connectivity index (χ1v) is 5.81. The third-order valence-electron chi connectivity index (χ3n) is 2.94. The summed E-state index contributed by atoms with van der Waals surface area (Å²) in [5.74, 6) is -1.02. The minimum atomic E-state index is -1.02. The molecule has 0 aliphatic rings. The highest BCUT2D eigenvalue weighted by Crippen LogP contribution is 2.20. The van der Waals surface area contributed by atoms with Gasteiger partial charge in [0, 0.05) is 11.1 Å². The fraction of sp³-hybridized carbons (Fsp3) is 0.0714. The zero-order valence-corrected chi connectivity index (χ0v) is 10.2. The Morgan fingerprint density at radius 1 is 1.26 bits per heavy atom. The molecular weight excluding hydrogens is 242 g/mol. The number of aromatic carboxylic acids is 1. The highest BCUT2D eigenvalue weighted by molar-refractivity contribution is 5.88. The van der Waals surface area contributed by atoms with Gasteiger partial charge in [-0.1, -0.05) is 30.3 Å². The monoisotopic (exact) mass is 253 g/mol. The number of carboxylic acid groups (broad SMARTS) is 1. The van der Waals surface area contributed by atoms with E-state index in [0.717, 1.165) is 11.1 Å². The van der Waals surface area contributed by atoms with Crippen LogP contribution in [-0.2, 0) is 0 Å². The Labute approximate surface area is 109 Å². The molecule has 0 saturated heterocycles. The first kappa shape index (κ1) is 11.4. The largest absolute Gasteiger partial charge is 0.477 e. The van der Waals surface area contributed by atoms with E-state index in [1.807, 2.05) is 37.3 Å². The lowest BCUT2D eigenvalue weighted by Crippen LogP contribution is -2.08. The fourth-order valence-corrected chi connectivity index (χ4v) is 1.98. The molecule has 1 aromatic carbocycles. The third kappa shape index (κ3) is 1.85. The Morgan fingerprint density at radius 3 is 2.68 bits per heavy atom. The van der Waals surface area contributed by atoms with Crippen LogP contribution in [-0.4, -0.2) is 25.7 Å². The normalized spacial score (nSPS) is 10.8. The molecule has 94 valence electrons. The molecule has 5 nitrogen and oxygen atoms in total. The number of fused-ring (bicyclic) bond motifs is 1. The minimum absolute atomic E-state index is 0.108. The molecule has 0 spiro atoms. The van der Waals surface area contributed by atoms with E-state index in [-0.39, 0.29) is 5.69 Å². The number of hydrogen-bond donors (Lipinski definition) is 1. The average molecular weight is 253 g/mol. The molecule has 0 saturated carbocycles. The van der Waals surface area contributed by atoms with Gasteiger partial charge in [0.15, 0.2) is 11.3 Å². The van der Waals surface area contributed by atoms with Crippen molar-refractivity contribution in [2.45, 2.75) is 6.92 Å². The number of carboxylic acids is 1. The predicted octanol–water partition coefficient (Wildman–Crippen LogP) is 2.40. The van der Waals surface area contributed by atoms with Crippen LogP contribution in [0.3, 0.4) is 0 Å². The van der Waals surface area contributed by atoms with Gasteiger partial charge in [0.25, 0.3) is 0 Å². The Morgan fingerprint density at radius 2 is 2.00 bits per heavy atom. The first-order valence-electron chi connectivity index (χ1n) is 5.81. The van der Waals surface area contributed by atoms with Gasteiger partial charge in [0.1, 0.15) is 0 Å². The molecule has 3 aromatic rings. The molecule has 0 aliphatic heterocycles. The van der Waals surface area contributed by atoms with Crippen LogP contribution < -0.4 is 0 Å². The van der Waals surface area contributed by atoms with Crippen molar-refractivity contribution in [3.8, 4) is 11.3 Å². The van der Waals surface area contributed by atoms with Gasteiger partial charge in [-0.3, -0.25) is 0 Å². The second-order valence-electron chi connectivity index (χ2n) is 4.26. The maximum Gasteiger partial charge on any atom is 0.354 e. The van der Waals surface area contributed by atoms with Crippen LogP contribution in [0.4, 0.5) is 0 Å². The van der Waals surface area contributed by atoms with E-state index in [2.05, 4.69) is 10.1 Å². The lowest BCUT2D eigenvalue weighted by atomic mass is 10.1. The summed E-state index contributed by atoms with van der Waals surface area (Å²) in [5.41, 5.74) is 3.04. The molecule has 2 heterocycles. The van der Waals surface area contributed by atoms with Crippen molar-refractivity contribution < 1.29 is 9.90 Å². The van der Waals surface area contributed by atoms with Gasteiger partial charge in [-0.2, -0.15) is 5.10 Å². The Balaban J connectivity index is 2.33. The lowest BCUT2D eigenvalue weighted by molar-refractivity contribution is 0.0687. The molecule has 0 atom stereocenters. The van der Waals surface area contributed by atoms with Crippen molar-refractivity contribution in [1.82, 2.24) is 14.6 Å². The molecule has 3 rings (SSSR count). The molecule has 0 radical (unpaired) electrons. The highest BCUT2D eigenvalue weighted by atomic mass is 16.4. The summed E-state index contributed by atoms with van der Waals surface area (Å²) in [6.45, 7) is 1.86. The number of nitrogens with zero attached hydrogens (tertiary/aromatic N) is 3. The Bertz CT molecular complexity index is 763. The van der Waals surface area contributed by atoms with Crippen molar-refractivity contribution in [3.05, 3.63) is 53.9 Å². The molecule has 0 amide bonds. The van der Waals surface area contributed by atoms with Crippen molar-refractivity contribution in [2.75, 3.05) is 0 Å². The lowest BCUT2D eigenvalue weighted by Gasteiger charge is -2.05. The van der Waals surface area contributed by atoms with Gasteiger partial charge >= 0.3 is 5.97 Å². The Kier molecular flexibility index (Phi) is 2.52. The zero-order valence-electron chi connectivity index (χ0n) is 10.2. The summed E-state index contributed by atoms with van der Waals surface area (Å²) >= 11 is 0. The number of aryl methyl sites for hydroxylation is 1. The number of carbonyl (C=O) groups is 1. The molecule has 0 fully saturated rings. The van der Waals surface area contributed by atoms with E-state index in [1.165, 1.54) is 10.6 Å². The second kappa shape index (κ2) is 4.20. The number of rotatable bonds is 2. The maximum atomic E-state index is 11.3. The number of benzene rings is 1. The SMILES string of the molecule is Cc1cnn2c(C(=O)O)cc(-c3ccccc3)nc12. The summed E-state index contributed by atoms with van der Waals surface area (Å²) in [4.78, 5) is 15.8. The fourth-order valence-electron chi connectivity index (χ4n) is 1.98. The van der Waals surface area contributed by atoms with Crippen molar-refractivity contribution in [3.63, 3.8) is 0 Å². The van der Waals surface area contributed by atoms with Gasteiger partial charge in [-0.15, -0.1) is 0 Å². The van der Waals surface area contributed by atoms with Gasteiger partial charge in [-0.05, 0) is 13.0 Å². The summed E-state index contributed by atoms with van der Waals surface area (Å²) in [5, 5.41) is 13.3. The van der Waals surface area contributed by atoms with E-state index in [9.17, 15) is 9.90 Å². The smallest absolute Gasteiger partial charge is 0.354 e. The zero-order chi connectivity index (χ0) is 13.4. The molecule has 2 aromatic heterocycles. The predicted molar refractivity (Wildman–Crippen MR) is 70.1 cm³/mol. The van der Waals surface area contributed by atoms with Crippen LogP contribution in [0.5, 0.6) is 0 Å². The van der Waals surface area contributed by atoms with Crippen LogP contribution in [0, 0.1) is 6.92 Å². The second-order valence-corrected chi connectivity index (χ2v) is 4.26. The van der Waals surface area contributed by atoms with E-state index < -0.39 is 5.97 Å². The van der Waals surface area contributed by atoms with E-state index in [4.69, 9.17) is 0 Å². The van der Waals surface area contributed by atoms with Gasteiger partial charge in [0.05, 0.1) is 11.9 Å². The standard InChI is InChI=1S/C14H11N3O2/c1-9-8-15-17-12(14(18)19)7-11(16-13(9)17)10-5-3-2-4-6-10/h2-8H,1H3,(H,18,19).